The number of aromatic nitrogens is 1. The van der Waals surface area contributed by atoms with E-state index in [0.717, 1.165) is 5.75 Å². The molecule has 0 aliphatic rings. The Bertz CT molecular complexity index is 417. The molecule has 0 aliphatic carbocycles. The van der Waals surface area contributed by atoms with E-state index in [4.69, 9.17) is 16.3 Å². The average Bonchev–Trinajstić information content (AvgIpc) is 2.23. The molecule has 2 nitrogen and oxygen atoms in total. The van der Waals surface area contributed by atoms with Crippen molar-refractivity contribution < 1.29 is 4.74 Å². The van der Waals surface area contributed by atoms with Crippen molar-refractivity contribution >= 4 is 11.6 Å². The van der Waals surface area contributed by atoms with Crippen LogP contribution in [0.1, 0.15) is 0 Å². The fourth-order valence-electron chi connectivity index (χ4n) is 1.06. The molecule has 70 valence electrons. The van der Waals surface area contributed by atoms with Crippen LogP contribution in [0.4, 0.5) is 0 Å². The summed E-state index contributed by atoms with van der Waals surface area (Å²) >= 11 is 5.84. The summed E-state index contributed by atoms with van der Waals surface area (Å²) in [5.74, 6) is 1.32. The number of ether oxygens (including phenoxy) is 1. The predicted octanol–water partition coefficient (Wildman–Crippen LogP) is 3.53. The van der Waals surface area contributed by atoms with Crippen molar-refractivity contribution in [2.24, 2.45) is 0 Å². The van der Waals surface area contributed by atoms with E-state index in [1.807, 2.05) is 30.3 Å². The van der Waals surface area contributed by atoms with Crippen LogP contribution in [0.3, 0.4) is 0 Å². The summed E-state index contributed by atoms with van der Waals surface area (Å²) in [5.41, 5.74) is 0. The van der Waals surface area contributed by atoms with Crippen LogP contribution in [-0.4, -0.2) is 4.98 Å². The van der Waals surface area contributed by atoms with Crippen molar-refractivity contribution in [3.05, 3.63) is 53.8 Å². The molecular formula is C11H8ClNO. The SMILES string of the molecule is Clc1ncccc1Oc1ccccc1. The van der Waals surface area contributed by atoms with E-state index in [0.29, 0.717) is 10.9 Å². The first-order valence-electron chi connectivity index (χ1n) is 4.20. The maximum absolute atomic E-state index is 5.84. The molecule has 0 fully saturated rings. The molecule has 0 amide bonds. The number of rotatable bonds is 2. The van der Waals surface area contributed by atoms with Gasteiger partial charge in [0.05, 0.1) is 0 Å². The Kier molecular flexibility index (Phi) is 2.65. The smallest absolute Gasteiger partial charge is 0.171 e. The van der Waals surface area contributed by atoms with Crippen molar-refractivity contribution in [2.75, 3.05) is 0 Å². The van der Waals surface area contributed by atoms with Crippen molar-refractivity contribution in [3.8, 4) is 11.5 Å². The lowest BCUT2D eigenvalue weighted by atomic mass is 10.3. The Morgan fingerprint density at radius 1 is 1.00 bits per heavy atom. The van der Waals surface area contributed by atoms with Crippen LogP contribution in [0, 0.1) is 0 Å². The van der Waals surface area contributed by atoms with Gasteiger partial charge < -0.3 is 4.74 Å². The molecule has 3 heteroatoms. The summed E-state index contributed by atoms with van der Waals surface area (Å²) in [5, 5.41) is 0.372. The Labute approximate surface area is 87.1 Å². The van der Waals surface area contributed by atoms with E-state index in [2.05, 4.69) is 4.98 Å². The molecule has 0 bridgehead atoms. The third-order valence-electron chi connectivity index (χ3n) is 1.70. The van der Waals surface area contributed by atoms with Crippen molar-refractivity contribution in [3.63, 3.8) is 0 Å². The highest BCUT2D eigenvalue weighted by atomic mass is 35.5. The molecule has 0 saturated heterocycles. The molecule has 1 aromatic heterocycles. The van der Waals surface area contributed by atoms with Gasteiger partial charge in [-0.2, -0.15) is 0 Å². The van der Waals surface area contributed by atoms with Crippen molar-refractivity contribution in [1.82, 2.24) is 4.98 Å². The lowest BCUT2D eigenvalue weighted by molar-refractivity contribution is 0.480. The summed E-state index contributed by atoms with van der Waals surface area (Å²) in [6.07, 6.45) is 1.63. The molecule has 2 rings (SSSR count). The van der Waals surface area contributed by atoms with Crippen LogP contribution >= 0.6 is 11.6 Å². The van der Waals surface area contributed by atoms with Gasteiger partial charge in [0.1, 0.15) is 5.75 Å². The van der Waals surface area contributed by atoms with Crippen molar-refractivity contribution in [2.45, 2.75) is 0 Å². The molecule has 2 aromatic rings. The zero-order valence-corrected chi connectivity index (χ0v) is 8.11. The molecule has 0 spiro atoms. The molecule has 0 unspecified atom stereocenters. The second-order valence-corrected chi connectivity index (χ2v) is 3.07. The number of halogens is 1. The minimum atomic E-state index is 0.372. The van der Waals surface area contributed by atoms with Crippen LogP contribution in [0.25, 0.3) is 0 Å². The minimum Gasteiger partial charge on any atom is -0.454 e. The highest BCUT2D eigenvalue weighted by Crippen LogP contribution is 2.26. The van der Waals surface area contributed by atoms with Gasteiger partial charge in [0, 0.05) is 6.20 Å². The zero-order chi connectivity index (χ0) is 9.80. The molecule has 14 heavy (non-hydrogen) atoms. The topological polar surface area (TPSA) is 22.1 Å². The first kappa shape index (κ1) is 9.03. The summed E-state index contributed by atoms with van der Waals surface area (Å²) in [6.45, 7) is 0. The summed E-state index contributed by atoms with van der Waals surface area (Å²) in [4.78, 5) is 3.92. The van der Waals surface area contributed by atoms with Gasteiger partial charge in [0.25, 0.3) is 0 Å². The molecule has 0 radical (unpaired) electrons. The Morgan fingerprint density at radius 3 is 2.50 bits per heavy atom. The van der Waals surface area contributed by atoms with Gasteiger partial charge >= 0.3 is 0 Å². The van der Waals surface area contributed by atoms with Gasteiger partial charge in [-0.05, 0) is 24.3 Å². The summed E-state index contributed by atoms with van der Waals surface area (Å²) in [6, 6.07) is 13.0. The highest BCUT2D eigenvalue weighted by molar-refractivity contribution is 6.30. The third kappa shape index (κ3) is 2.03. The highest BCUT2D eigenvalue weighted by Gasteiger charge is 2.01. The maximum atomic E-state index is 5.84. The molecular weight excluding hydrogens is 198 g/mol. The number of pyridine rings is 1. The number of para-hydroxylation sites is 1. The van der Waals surface area contributed by atoms with Gasteiger partial charge in [0.2, 0.25) is 0 Å². The van der Waals surface area contributed by atoms with Crippen LogP contribution in [0.15, 0.2) is 48.7 Å². The van der Waals surface area contributed by atoms with Crippen LogP contribution < -0.4 is 4.74 Å². The molecule has 0 aliphatic heterocycles. The number of nitrogens with zero attached hydrogens (tertiary/aromatic N) is 1. The average molecular weight is 206 g/mol. The fraction of sp³-hybridized carbons (Fsp3) is 0. The van der Waals surface area contributed by atoms with Crippen LogP contribution in [0.5, 0.6) is 11.5 Å². The predicted molar refractivity (Wildman–Crippen MR) is 55.8 cm³/mol. The largest absolute Gasteiger partial charge is 0.454 e. The second-order valence-electron chi connectivity index (χ2n) is 2.71. The lowest BCUT2D eigenvalue weighted by Gasteiger charge is -2.05. The van der Waals surface area contributed by atoms with E-state index >= 15 is 0 Å². The minimum absolute atomic E-state index is 0.372. The normalized spacial score (nSPS) is 9.79. The maximum Gasteiger partial charge on any atom is 0.171 e. The van der Waals surface area contributed by atoms with E-state index in [1.54, 1.807) is 18.3 Å². The number of hydrogen-bond donors (Lipinski definition) is 0. The Balaban J connectivity index is 2.24. The molecule has 1 aromatic carbocycles. The first-order chi connectivity index (χ1) is 6.86. The lowest BCUT2D eigenvalue weighted by Crippen LogP contribution is -1.85. The van der Waals surface area contributed by atoms with Crippen LogP contribution in [-0.2, 0) is 0 Å². The van der Waals surface area contributed by atoms with E-state index < -0.39 is 0 Å². The van der Waals surface area contributed by atoms with Crippen molar-refractivity contribution in [1.29, 1.82) is 0 Å². The first-order valence-corrected chi connectivity index (χ1v) is 4.57. The van der Waals surface area contributed by atoms with E-state index in [1.165, 1.54) is 0 Å². The second kappa shape index (κ2) is 4.11. The van der Waals surface area contributed by atoms with Gasteiger partial charge in [-0.1, -0.05) is 29.8 Å². The molecule has 1 heterocycles. The van der Waals surface area contributed by atoms with E-state index in [9.17, 15) is 0 Å². The molecule has 0 N–H and O–H groups in total. The molecule has 0 saturated carbocycles. The Hall–Kier alpha value is -1.54. The van der Waals surface area contributed by atoms with E-state index in [-0.39, 0.29) is 0 Å². The summed E-state index contributed by atoms with van der Waals surface area (Å²) in [7, 11) is 0. The van der Waals surface area contributed by atoms with Gasteiger partial charge in [-0.25, -0.2) is 4.98 Å². The van der Waals surface area contributed by atoms with Gasteiger partial charge in [0.15, 0.2) is 10.9 Å². The Morgan fingerprint density at radius 2 is 1.79 bits per heavy atom. The third-order valence-corrected chi connectivity index (χ3v) is 1.98. The quantitative estimate of drug-likeness (QED) is 0.700. The standard InChI is InChI=1S/C11H8ClNO/c12-11-10(7-4-8-13-11)14-9-5-2-1-3-6-9/h1-8H. The van der Waals surface area contributed by atoms with Gasteiger partial charge in [-0.15, -0.1) is 0 Å². The molecule has 0 atom stereocenters. The number of benzene rings is 1. The van der Waals surface area contributed by atoms with Crippen LogP contribution in [0.2, 0.25) is 5.15 Å². The monoisotopic (exact) mass is 205 g/mol. The number of hydrogen-bond acceptors (Lipinski definition) is 2. The zero-order valence-electron chi connectivity index (χ0n) is 7.35. The van der Waals surface area contributed by atoms with Gasteiger partial charge in [-0.3, -0.25) is 0 Å². The summed E-state index contributed by atoms with van der Waals surface area (Å²) < 4.78 is 5.51. The fourth-order valence-corrected chi connectivity index (χ4v) is 1.22.